The summed E-state index contributed by atoms with van der Waals surface area (Å²) in [6.07, 6.45) is -0.870. The van der Waals surface area contributed by atoms with Gasteiger partial charge in [-0.3, -0.25) is 105 Å². The van der Waals surface area contributed by atoms with E-state index in [-0.39, 0.29) is 111 Å². The molecule has 2 aromatic carbocycles. The Bertz CT molecular complexity index is 4640. The molecule has 0 bridgehead atoms. The first-order valence-corrected chi connectivity index (χ1v) is 49.3. The minimum absolute atomic E-state index is 0.0237. The van der Waals surface area contributed by atoms with Gasteiger partial charge in [-0.15, -0.1) is 0 Å². The number of nitrogens with one attached hydrogen (secondary N) is 14. The molecule has 4 saturated heterocycles. The summed E-state index contributed by atoms with van der Waals surface area (Å²) < 4.78 is 5.25. The largest absolute Gasteiger partial charge is 0.508 e. The van der Waals surface area contributed by atoms with Gasteiger partial charge in [-0.25, -0.2) is 0 Å². The second-order valence-electron chi connectivity index (χ2n) is 35.0. The number of hydrogen-bond donors (Lipinski definition) is 22. The van der Waals surface area contributed by atoms with E-state index in [0.29, 0.717) is 42.6 Å². The van der Waals surface area contributed by atoms with Crippen LogP contribution in [0, 0.1) is 23.7 Å². The van der Waals surface area contributed by atoms with E-state index in [1.807, 2.05) is 27.7 Å². The first kappa shape index (κ1) is 116. The number of nitrogens with two attached hydrogens (primary N) is 7. The Morgan fingerprint density at radius 3 is 1.22 bits per heavy atom. The predicted octanol–water partition coefficient (Wildman–Crippen LogP) is -6.11. The van der Waals surface area contributed by atoms with E-state index in [1.165, 1.54) is 52.9 Å². The van der Waals surface area contributed by atoms with Crippen LogP contribution in [0.15, 0.2) is 48.5 Å². The molecule has 0 saturated carbocycles. The Hall–Kier alpha value is -12.6. The number of ether oxygens (including phenoxy) is 1. The van der Waals surface area contributed by atoms with Gasteiger partial charge in [-0.1, -0.05) is 114 Å². The van der Waals surface area contributed by atoms with Crippen molar-refractivity contribution >= 4 is 163 Å². The Kier molecular flexibility index (Phi) is 48.9. The summed E-state index contributed by atoms with van der Waals surface area (Å²) in [6.45, 7) is 13.4. The van der Waals surface area contributed by atoms with E-state index in [9.17, 15) is 111 Å². The molecule has 138 heavy (non-hydrogen) atoms. The molecule has 50 heteroatoms. The number of likely N-dealkylation sites (tertiary alicyclic amines) is 2. The fourth-order valence-electron chi connectivity index (χ4n) is 15.0. The maximum Gasteiger partial charge on any atom is 0.246 e. The van der Waals surface area contributed by atoms with Crippen LogP contribution in [0.1, 0.15) is 169 Å². The zero-order valence-corrected chi connectivity index (χ0v) is 81.4. The molecular weight excluding hydrogens is 1860 g/mol. The van der Waals surface area contributed by atoms with Crippen LogP contribution in [-0.2, 0) is 118 Å². The van der Waals surface area contributed by atoms with Crippen LogP contribution in [0.25, 0.3) is 0 Å². The van der Waals surface area contributed by atoms with Crippen molar-refractivity contribution < 1.29 is 115 Å². The average molecular weight is 2000 g/mol. The van der Waals surface area contributed by atoms with Gasteiger partial charge >= 0.3 is 0 Å². The van der Waals surface area contributed by atoms with Crippen LogP contribution in [0.4, 0.5) is 0 Å². The zero-order chi connectivity index (χ0) is 103. The van der Waals surface area contributed by atoms with Crippen LogP contribution < -0.4 is 119 Å². The highest BCUT2D eigenvalue weighted by Crippen LogP contribution is 2.28. The van der Waals surface area contributed by atoms with Crippen LogP contribution in [0.3, 0.4) is 0 Å². The quantitative estimate of drug-likeness (QED) is 0.0286. The number of aromatic hydroxyl groups is 1. The van der Waals surface area contributed by atoms with Crippen molar-refractivity contribution in [2.45, 2.75) is 262 Å². The van der Waals surface area contributed by atoms with E-state index < -0.39 is 278 Å². The van der Waals surface area contributed by atoms with Crippen molar-refractivity contribution in [1.82, 2.24) is 84.2 Å². The average Bonchev–Trinajstić information content (AvgIpc) is 1.62. The monoisotopic (exact) mass is 1990 g/mol. The van der Waals surface area contributed by atoms with Gasteiger partial charge in [0, 0.05) is 62.5 Å². The predicted molar refractivity (Wildman–Crippen MR) is 507 cm³/mol. The van der Waals surface area contributed by atoms with E-state index in [2.05, 4.69) is 74.4 Å². The maximum atomic E-state index is 14.5. The molecule has 4 heterocycles. The molecular formula is C88H135N23O24S3. The fourth-order valence-corrected chi connectivity index (χ4v) is 18.3. The second kappa shape index (κ2) is 58.2. The number of carbonyl (C=O) groups excluding carboxylic acids is 22. The summed E-state index contributed by atoms with van der Waals surface area (Å²) in [5.74, 6) is -19.0. The first-order chi connectivity index (χ1) is 65.1. The van der Waals surface area contributed by atoms with Gasteiger partial charge in [0.1, 0.15) is 96.1 Å². The Labute approximate surface area is 811 Å². The molecule has 17 atom stereocenters. The Morgan fingerprint density at radius 2 is 0.826 bits per heavy atom. The Balaban J connectivity index is 0.000000487. The van der Waals surface area contributed by atoms with Gasteiger partial charge in [-0.2, -0.15) is 11.8 Å². The minimum atomic E-state index is -1.75. The summed E-state index contributed by atoms with van der Waals surface area (Å²) in [5, 5.41) is 45.9. The summed E-state index contributed by atoms with van der Waals surface area (Å²) >= 11 is 1.18. The van der Waals surface area contributed by atoms with Crippen molar-refractivity contribution in [2.75, 3.05) is 56.3 Å². The molecule has 764 valence electrons. The SMILES string of the molecule is CC[C@H](C)[C@@H]1NC(=O)[C@H](Cc2ccc(O)cc2)NC(=O)[C@@H](N)CSSC[C@@H](C(=O)N2CCC[C@H]2C(=O)N[C@@H](CC(C)C)C(=O)NCC(N)=O)NC(=O)[C@H](CC(N)=O)NC(=O)[C@H](CCC(N)=O)NC1=O.CC[C@H](C)[C@@H]1NC(=O)[C@H](Cc2ccc(OC)cc2)NC(=O)CCCSC[C@@H](C(=O)N2CCC[C@H]2C(=O)N[C@@H](CC(C)C)C(=O)NCC(N)=O)NC(=O)[C@H](CC(N)=O)NC(=O)[C@H](CCC(N)=O)NC1=O. The van der Waals surface area contributed by atoms with Gasteiger partial charge in [-0.05, 0) is 123 Å². The highest BCUT2D eigenvalue weighted by atomic mass is 33.1. The number of thioether (sulfide) groups is 1. The highest BCUT2D eigenvalue weighted by molar-refractivity contribution is 8.76. The summed E-state index contributed by atoms with van der Waals surface area (Å²) in [4.78, 5) is 296. The molecule has 4 aliphatic heterocycles. The summed E-state index contributed by atoms with van der Waals surface area (Å²) in [5.41, 5.74) is 39.7. The topological polar surface area (TPSA) is 762 Å². The van der Waals surface area contributed by atoms with Crippen LogP contribution in [0.2, 0.25) is 0 Å². The minimum Gasteiger partial charge on any atom is -0.508 e. The van der Waals surface area contributed by atoms with Crippen molar-refractivity contribution in [2.24, 2.45) is 63.8 Å². The number of rotatable bonds is 35. The third-order valence-electron chi connectivity index (χ3n) is 22.9. The van der Waals surface area contributed by atoms with Gasteiger partial charge in [0.15, 0.2) is 0 Å². The number of phenolic OH excluding ortho intramolecular Hbond substituents is 1. The lowest BCUT2D eigenvalue weighted by atomic mass is 9.96. The number of benzene rings is 2. The molecule has 0 unspecified atom stereocenters. The lowest BCUT2D eigenvalue weighted by molar-refractivity contribution is -0.142. The maximum absolute atomic E-state index is 14.5. The molecule has 22 amide bonds. The third kappa shape index (κ3) is 39.5. The van der Waals surface area contributed by atoms with Crippen molar-refractivity contribution in [3.63, 3.8) is 0 Å². The van der Waals surface area contributed by atoms with E-state index >= 15 is 0 Å². The van der Waals surface area contributed by atoms with Crippen LogP contribution >= 0.6 is 33.3 Å². The van der Waals surface area contributed by atoms with Gasteiger partial charge in [0.25, 0.3) is 0 Å². The number of primary amides is 6. The lowest BCUT2D eigenvalue weighted by Crippen LogP contribution is -2.61. The number of hydrogen-bond acceptors (Lipinski definition) is 28. The summed E-state index contributed by atoms with van der Waals surface area (Å²) in [7, 11) is 3.55. The van der Waals surface area contributed by atoms with Gasteiger partial charge in [0.05, 0.1) is 39.1 Å². The van der Waals surface area contributed by atoms with Gasteiger partial charge < -0.3 is 134 Å². The lowest BCUT2D eigenvalue weighted by Gasteiger charge is -2.31. The van der Waals surface area contributed by atoms with Gasteiger partial charge in [0.2, 0.25) is 130 Å². The van der Waals surface area contributed by atoms with Crippen molar-refractivity contribution in [3.8, 4) is 11.5 Å². The molecule has 2 aromatic rings. The van der Waals surface area contributed by atoms with E-state index in [1.54, 1.807) is 52.0 Å². The second-order valence-corrected chi connectivity index (χ2v) is 38.8. The molecule has 4 fully saturated rings. The van der Waals surface area contributed by atoms with Crippen LogP contribution in [0.5, 0.6) is 11.5 Å². The third-order valence-corrected chi connectivity index (χ3v) is 26.5. The number of phenols is 1. The molecule has 29 N–H and O–H groups in total. The summed E-state index contributed by atoms with van der Waals surface area (Å²) in [6, 6.07) is -7.45. The molecule has 0 aromatic heterocycles. The van der Waals surface area contributed by atoms with Crippen molar-refractivity contribution in [3.05, 3.63) is 59.7 Å². The number of amides is 22. The molecule has 0 aliphatic carbocycles. The molecule has 0 radical (unpaired) electrons. The van der Waals surface area contributed by atoms with E-state index in [0.717, 1.165) is 21.6 Å². The normalized spacial score (nSPS) is 23.7. The zero-order valence-electron chi connectivity index (χ0n) is 79.0. The smallest absolute Gasteiger partial charge is 0.246 e. The first-order valence-electron chi connectivity index (χ1n) is 45.6. The van der Waals surface area contributed by atoms with Crippen LogP contribution in [-0.4, -0.2) is 292 Å². The number of nitrogens with zero attached hydrogens (tertiary/aromatic N) is 2. The molecule has 4 aliphatic rings. The molecule has 47 nitrogen and oxygen atoms in total. The highest BCUT2D eigenvalue weighted by Gasteiger charge is 2.45. The number of methoxy groups -OCH3 is 1. The van der Waals surface area contributed by atoms with E-state index in [4.69, 9.17) is 44.9 Å². The number of carbonyl (C=O) groups is 22. The molecule has 6 rings (SSSR count). The Morgan fingerprint density at radius 1 is 0.449 bits per heavy atom. The standard InChI is InChI=1S/C45H69N11O12S.C43H66N12O12S2/c1-6-25(4)38-44(66)51-28(15-16-34(46)57)40(62)52-31(21-35(47)58)41(63)54-32(23-69-18-8-10-37(60)50-30(42(64)55-38)20-26-11-13-27(68-5)14-12-26)45(67)56-17-7-9-33(56)43(65)53-29(19-24(2)3)39(61)49-22-36(48)59;1-5-22(4)35-42(66)49-26(12-13-32(45)57)38(62)51-29(17-33(46)58)39(63)53-30(20-69-68-19-25(44)36(60)50-28(40(64)54-35)16-23-8-10-24(56)11-9-23)43(67)55-14-6-7-31(55)41(65)52-27(15-21(2)3)37(61)48-18-34(47)59/h11-14,24-25,28-33,38H,6-10,15-23H2,1-5H3,(H2,46,57)(H2,47,58)(H2,48,59)(H,49,61)(H,50,60)(H,51,66)(H,52,62)(H,53,65)(H,54,63)(H,55,64);8-11,21-22,25-31,35,56H,5-7,12-20,44H2,1-4H3,(H2,45,57)(H2,46,58)(H2,47,59)(H,48,61)(H,49,66)(H,50,60)(H,51,62)(H,52,65)(H,53,63)(H,54,64)/t25-,28-,29-,30-,31-,32-,33-,38-;22-,25-,26-,27-,28-,29-,30-,31-,35-/m00/s1. The molecule has 0 spiro atoms. The fraction of sp³-hybridized carbons (Fsp3) is 0.614. The van der Waals surface area contributed by atoms with Crippen molar-refractivity contribution in [1.29, 1.82) is 0 Å².